The van der Waals surface area contributed by atoms with Gasteiger partial charge in [-0.15, -0.1) is 0 Å². The SMILES string of the molecule is Cc1cc(N)c(C(=O)NCc2ccncn2)cn1. The summed E-state index contributed by atoms with van der Waals surface area (Å²) in [5, 5.41) is 2.73. The number of hydrogen-bond acceptors (Lipinski definition) is 5. The molecule has 1 amide bonds. The first-order valence-corrected chi connectivity index (χ1v) is 5.42. The third-order valence-electron chi connectivity index (χ3n) is 2.39. The molecule has 6 nitrogen and oxygen atoms in total. The van der Waals surface area contributed by atoms with E-state index in [9.17, 15) is 4.79 Å². The lowest BCUT2D eigenvalue weighted by molar-refractivity contribution is 0.0951. The Balaban J connectivity index is 2.04. The molecule has 2 rings (SSSR count). The van der Waals surface area contributed by atoms with Crippen LogP contribution in [0.15, 0.2) is 30.9 Å². The number of pyridine rings is 1. The number of hydrogen-bond donors (Lipinski definition) is 2. The summed E-state index contributed by atoms with van der Waals surface area (Å²) in [5.41, 5.74) is 8.06. The van der Waals surface area contributed by atoms with Crippen molar-refractivity contribution in [1.29, 1.82) is 0 Å². The summed E-state index contributed by atoms with van der Waals surface area (Å²) in [6, 6.07) is 3.40. The lowest BCUT2D eigenvalue weighted by Gasteiger charge is -2.07. The van der Waals surface area contributed by atoms with E-state index in [4.69, 9.17) is 5.73 Å². The largest absolute Gasteiger partial charge is 0.398 e. The van der Waals surface area contributed by atoms with E-state index in [2.05, 4.69) is 20.3 Å². The Morgan fingerprint density at radius 1 is 1.44 bits per heavy atom. The molecule has 0 aliphatic heterocycles. The fourth-order valence-corrected chi connectivity index (χ4v) is 1.46. The number of aromatic nitrogens is 3. The van der Waals surface area contributed by atoms with Crippen molar-refractivity contribution < 1.29 is 4.79 Å². The predicted octanol–water partition coefficient (Wildman–Crippen LogP) is 0.692. The van der Waals surface area contributed by atoms with Crippen LogP contribution >= 0.6 is 0 Å². The number of anilines is 1. The van der Waals surface area contributed by atoms with Crippen LogP contribution in [0.1, 0.15) is 21.7 Å². The second kappa shape index (κ2) is 5.22. The number of nitrogen functional groups attached to an aromatic ring is 1. The van der Waals surface area contributed by atoms with Crippen molar-refractivity contribution in [2.45, 2.75) is 13.5 Å². The summed E-state index contributed by atoms with van der Waals surface area (Å²) in [6.45, 7) is 2.15. The number of carbonyl (C=O) groups is 1. The van der Waals surface area contributed by atoms with Crippen LogP contribution in [0.5, 0.6) is 0 Å². The molecule has 18 heavy (non-hydrogen) atoms. The van der Waals surface area contributed by atoms with E-state index >= 15 is 0 Å². The Kier molecular flexibility index (Phi) is 3.47. The van der Waals surface area contributed by atoms with Gasteiger partial charge in [-0.25, -0.2) is 9.97 Å². The van der Waals surface area contributed by atoms with Crippen molar-refractivity contribution in [3.63, 3.8) is 0 Å². The minimum atomic E-state index is -0.265. The van der Waals surface area contributed by atoms with E-state index in [1.54, 1.807) is 18.3 Å². The molecule has 2 aromatic heterocycles. The second-order valence-electron chi connectivity index (χ2n) is 3.80. The number of rotatable bonds is 3. The standard InChI is InChI=1S/C12H13N5O/c1-8-4-11(13)10(6-15-8)12(18)16-5-9-2-3-14-7-17-9/h2-4,6-7H,5H2,1H3,(H2,13,15)(H,16,18). The molecule has 0 atom stereocenters. The molecule has 0 aliphatic carbocycles. The normalized spacial score (nSPS) is 10.1. The van der Waals surface area contributed by atoms with Crippen LogP contribution in [0.3, 0.4) is 0 Å². The number of nitrogens with zero attached hydrogens (tertiary/aromatic N) is 3. The predicted molar refractivity (Wildman–Crippen MR) is 66.6 cm³/mol. The molecular weight excluding hydrogens is 230 g/mol. The summed E-state index contributed by atoms with van der Waals surface area (Å²) >= 11 is 0. The van der Waals surface area contributed by atoms with Gasteiger partial charge < -0.3 is 11.1 Å². The van der Waals surface area contributed by atoms with E-state index in [1.807, 2.05) is 6.92 Å². The zero-order valence-corrected chi connectivity index (χ0v) is 9.92. The van der Waals surface area contributed by atoms with Crippen molar-refractivity contribution in [3.05, 3.63) is 47.8 Å². The van der Waals surface area contributed by atoms with Crippen molar-refractivity contribution in [2.24, 2.45) is 0 Å². The van der Waals surface area contributed by atoms with Gasteiger partial charge in [0.15, 0.2) is 0 Å². The minimum Gasteiger partial charge on any atom is -0.398 e. The minimum absolute atomic E-state index is 0.265. The molecule has 92 valence electrons. The number of aryl methyl sites for hydroxylation is 1. The Hall–Kier alpha value is -2.50. The van der Waals surface area contributed by atoms with Gasteiger partial charge in [-0.3, -0.25) is 9.78 Å². The highest BCUT2D eigenvalue weighted by atomic mass is 16.1. The van der Waals surface area contributed by atoms with Gasteiger partial charge in [-0.2, -0.15) is 0 Å². The molecule has 0 saturated heterocycles. The molecule has 0 saturated carbocycles. The van der Waals surface area contributed by atoms with Crippen LogP contribution in [-0.4, -0.2) is 20.9 Å². The first kappa shape index (κ1) is 12.0. The molecule has 2 aromatic rings. The molecule has 3 N–H and O–H groups in total. The number of nitrogens with two attached hydrogens (primary N) is 1. The lowest BCUT2D eigenvalue weighted by Crippen LogP contribution is -2.24. The molecule has 2 heterocycles. The molecule has 0 radical (unpaired) electrons. The van der Waals surface area contributed by atoms with Crippen LogP contribution in [-0.2, 0) is 6.54 Å². The van der Waals surface area contributed by atoms with Crippen molar-refractivity contribution in [1.82, 2.24) is 20.3 Å². The van der Waals surface area contributed by atoms with Crippen LogP contribution in [0.2, 0.25) is 0 Å². The zero-order chi connectivity index (χ0) is 13.0. The Morgan fingerprint density at radius 2 is 2.28 bits per heavy atom. The van der Waals surface area contributed by atoms with Gasteiger partial charge in [0.05, 0.1) is 17.8 Å². The molecule has 0 aromatic carbocycles. The van der Waals surface area contributed by atoms with Crippen LogP contribution in [0, 0.1) is 6.92 Å². The smallest absolute Gasteiger partial charge is 0.255 e. The van der Waals surface area contributed by atoms with E-state index in [0.29, 0.717) is 17.8 Å². The van der Waals surface area contributed by atoms with Crippen LogP contribution in [0.25, 0.3) is 0 Å². The molecule has 0 spiro atoms. The maximum atomic E-state index is 11.9. The molecule has 0 aliphatic rings. The van der Waals surface area contributed by atoms with Gasteiger partial charge in [-0.1, -0.05) is 0 Å². The Morgan fingerprint density at radius 3 is 2.94 bits per heavy atom. The van der Waals surface area contributed by atoms with E-state index < -0.39 is 0 Å². The van der Waals surface area contributed by atoms with Gasteiger partial charge in [0.2, 0.25) is 0 Å². The van der Waals surface area contributed by atoms with E-state index in [0.717, 1.165) is 11.4 Å². The first-order chi connectivity index (χ1) is 8.66. The summed E-state index contributed by atoms with van der Waals surface area (Å²) in [7, 11) is 0. The van der Waals surface area contributed by atoms with Gasteiger partial charge in [0, 0.05) is 23.8 Å². The highest BCUT2D eigenvalue weighted by Crippen LogP contribution is 2.11. The first-order valence-electron chi connectivity index (χ1n) is 5.42. The van der Waals surface area contributed by atoms with Crippen molar-refractivity contribution in [3.8, 4) is 0 Å². The van der Waals surface area contributed by atoms with E-state index in [1.165, 1.54) is 12.5 Å². The molecule has 6 heteroatoms. The number of amides is 1. The fraction of sp³-hybridized carbons (Fsp3) is 0.167. The second-order valence-corrected chi connectivity index (χ2v) is 3.80. The highest BCUT2D eigenvalue weighted by molar-refractivity contribution is 5.98. The number of carbonyl (C=O) groups excluding carboxylic acids is 1. The maximum Gasteiger partial charge on any atom is 0.255 e. The highest BCUT2D eigenvalue weighted by Gasteiger charge is 2.10. The third-order valence-corrected chi connectivity index (χ3v) is 2.39. The molecule has 0 bridgehead atoms. The third kappa shape index (κ3) is 2.79. The average molecular weight is 243 g/mol. The van der Waals surface area contributed by atoms with Crippen molar-refractivity contribution in [2.75, 3.05) is 5.73 Å². The number of nitrogens with one attached hydrogen (secondary N) is 1. The Labute approximate surface area is 104 Å². The van der Waals surface area contributed by atoms with Gasteiger partial charge >= 0.3 is 0 Å². The van der Waals surface area contributed by atoms with Crippen LogP contribution in [0.4, 0.5) is 5.69 Å². The molecule has 0 unspecified atom stereocenters. The average Bonchev–Trinajstić information content (AvgIpc) is 2.37. The van der Waals surface area contributed by atoms with E-state index in [-0.39, 0.29) is 5.91 Å². The summed E-state index contributed by atoms with van der Waals surface area (Å²) < 4.78 is 0. The van der Waals surface area contributed by atoms with Crippen molar-refractivity contribution >= 4 is 11.6 Å². The fourth-order valence-electron chi connectivity index (χ4n) is 1.46. The molecular formula is C12H13N5O. The van der Waals surface area contributed by atoms with Gasteiger partial charge in [0.1, 0.15) is 6.33 Å². The quantitative estimate of drug-likeness (QED) is 0.827. The maximum absolute atomic E-state index is 11.9. The monoisotopic (exact) mass is 243 g/mol. The van der Waals surface area contributed by atoms with Gasteiger partial charge in [-0.05, 0) is 19.1 Å². The summed E-state index contributed by atoms with van der Waals surface area (Å²) in [5.74, 6) is -0.265. The van der Waals surface area contributed by atoms with Crippen LogP contribution < -0.4 is 11.1 Å². The molecule has 0 fully saturated rings. The topological polar surface area (TPSA) is 93.8 Å². The lowest BCUT2D eigenvalue weighted by atomic mass is 10.2. The zero-order valence-electron chi connectivity index (χ0n) is 9.92. The summed E-state index contributed by atoms with van der Waals surface area (Å²) in [4.78, 5) is 23.7. The Bertz CT molecular complexity index is 556. The van der Waals surface area contributed by atoms with Gasteiger partial charge in [0.25, 0.3) is 5.91 Å². The summed E-state index contributed by atoms with van der Waals surface area (Å²) in [6.07, 6.45) is 4.53.